The topological polar surface area (TPSA) is 65.1 Å². The van der Waals surface area contributed by atoms with E-state index < -0.39 is 15.8 Å². The molecule has 1 N–H and O–H groups in total. The molecule has 0 aromatic heterocycles. The largest absolute Gasteiger partial charge is 0.495 e. The van der Waals surface area contributed by atoms with E-state index >= 15 is 0 Å². The molecule has 3 aromatic carbocycles. The summed E-state index contributed by atoms with van der Waals surface area (Å²) in [4.78, 5) is 6.46. The number of hydrogen-bond acceptors (Lipinski definition) is 6. The Kier molecular flexibility index (Phi) is 8.13. The van der Waals surface area contributed by atoms with E-state index in [-0.39, 0.29) is 23.2 Å². The highest BCUT2D eigenvalue weighted by Crippen LogP contribution is 2.28. The van der Waals surface area contributed by atoms with Crippen molar-refractivity contribution in [1.82, 2.24) is 9.62 Å². The Morgan fingerprint density at radius 1 is 0.972 bits per heavy atom. The zero-order valence-electron chi connectivity index (χ0n) is 20.9. The summed E-state index contributed by atoms with van der Waals surface area (Å²) in [6.45, 7) is 3.37. The Morgan fingerprint density at radius 3 is 2.25 bits per heavy atom. The molecule has 0 bridgehead atoms. The van der Waals surface area contributed by atoms with E-state index in [9.17, 15) is 12.8 Å². The molecule has 0 amide bonds. The third-order valence-electron chi connectivity index (χ3n) is 6.55. The second-order valence-electron chi connectivity index (χ2n) is 9.01. The van der Waals surface area contributed by atoms with Crippen LogP contribution >= 0.6 is 0 Å². The number of halogens is 1. The number of anilines is 2. The number of piperazine rings is 1. The minimum Gasteiger partial charge on any atom is -0.495 e. The average Bonchev–Trinajstić information content (AvgIpc) is 2.90. The van der Waals surface area contributed by atoms with Crippen LogP contribution in [0, 0.1) is 5.82 Å². The molecule has 0 aliphatic carbocycles. The molecule has 3 aromatic rings. The molecule has 9 heteroatoms. The zero-order chi connectivity index (χ0) is 25.7. The lowest BCUT2D eigenvalue weighted by Crippen LogP contribution is -2.49. The van der Waals surface area contributed by atoms with Gasteiger partial charge >= 0.3 is 0 Å². The number of methoxy groups -OCH3 is 1. The van der Waals surface area contributed by atoms with E-state index in [0.717, 1.165) is 43.5 Å². The van der Waals surface area contributed by atoms with Crippen LogP contribution in [0.25, 0.3) is 0 Å². The molecule has 1 aliphatic heterocycles. The third-order valence-corrected chi connectivity index (χ3v) is 8.00. The fraction of sp³-hybridized carbons (Fsp3) is 0.333. The fourth-order valence-corrected chi connectivity index (χ4v) is 5.73. The number of hydrogen-bond donors (Lipinski definition) is 1. The van der Waals surface area contributed by atoms with Crippen LogP contribution in [0.15, 0.2) is 77.7 Å². The van der Waals surface area contributed by atoms with Crippen molar-refractivity contribution in [3.05, 3.63) is 84.2 Å². The van der Waals surface area contributed by atoms with Crippen molar-refractivity contribution in [1.29, 1.82) is 0 Å². The molecule has 1 aliphatic rings. The van der Waals surface area contributed by atoms with Crippen molar-refractivity contribution in [2.75, 3.05) is 63.7 Å². The van der Waals surface area contributed by atoms with Crippen molar-refractivity contribution in [3.8, 4) is 5.75 Å². The second kappa shape index (κ2) is 11.3. The van der Waals surface area contributed by atoms with Crippen molar-refractivity contribution in [3.63, 3.8) is 0 Å². The van der Waals surface area contributed by atoms with Crippen molar-refractivity contribution < 1.29 is 17.5 Å². The van der Waals surface area contributed by atoms with Gasteiger partial charge in [-0.25, -0.2) is 17.5 Å². The van der Waals surface area contributed by atoms with Gasteiger partial charge < -0.3 is 14.5 Å². The molecular weight excluding hydrogens is 479 g/mol. The minimum atomic E-state index is -4.00. The predicted molar refractivity (Wildman–Crippen MR) is 142 cm³/mol. The van der Waals surface area contributed by atoms with Crippen molar-refractivity contribution in [2.45, 2.75) is 10.9 Å². The lowest BCUT2D eigenvalue weighted by atomic mass is 10.0. The number of benzene rings is 3. The highest BCUT2D eigenvalue weighted by Gasteiger charge is 2.28. The molecule has 4 rings (SSSR count). The van der Waals surface area contributed by atoms with Gasteiger partial charge in [0.15, 0.2) is 0 Å². The first-order valence-corrected chi connectivity index (χ1v) is 13.4. The van der Waals surface area contributed by atoms with Gasteiger partial charge in [0.2, 0.25) is 10.0 Å². The highest BCUT2D eigenvalue weighted by molar-refractivity contribution is 7.89. The van der Waals surface area contributed by atoms with Gasteiger partial charge in [-0.05, 0) is 48.0 Å². The first kappa shape index (κ1) is 25.9. The van der Waals surface area contributed by atoms with Crippen LogP contribution in [-0.2, 0) is 10.0 Å². The molecule has 1 unspecified atom stereocenters. The lowest BCUT2D eigenvalue weighted by molar-refractivity contribution is 0.187. The Hall–Kier alpha value is -3.14. The Labute approximate surface area is 213 Å². The zero-order valence-corrected chi connectivity index (χ0v) is 21.7. The van der Waals surface area contributed by atoms with E-state index in [4.69, 9.17) is 4.74 Å². The van der Waals surface area contributed by atoms with E-state index in [1.165, 1.54) is 24.9 Å². The summed E-state index contributed by atoms with van der Waals surface area (Å²) in [6, 6.07) is 21.7. The number of nitrogens with one attached hydrogen (secondary N) is 1. The standard InChI is InChI=1S/C27H33FN4O3S/c1-30(2)23-12-9-21(10-13-23)25(32-17-15-31(16-18-32)24-7-5-4-6-8-24)20-29-36(33,34)27-19-22(28)11-14-26(27)35-3/h4-14,19,25,29H,15-18,20H2,1-3H3. The molecule has 1 heterocycles. The maximum absolute atomic E-state index is 13.9. The van der Waals surface area contributed by atoms with Crippen LogP contribution in [0.5, 0.6) is 5.75 Å². The maximum Gasteiger partial charge on any atom is 0.244 e. The number of ether oxygens (including phenoxy) is 1. The molecule has 1 fully saturated rings. The second-order valence-corrected chi connectivity index (χ2v) is 10.7. The van der Waals surface area contributed by atoms with Gasteiger partial charge in [0.1, 0.15) is 16.5 Å². The smallest absolute Gasteiger partial charge is 0.244 e. The number of sulfonamides is 1. The Balaban J connectivity index is 1.55. The predicted octanol–water partition coefficient (Wildman–Crippen LogP) is 3.74. The molecular formula is C27H33FN4O3S. The Morgan fingerprint density at radius 2 is 1.64 bits per heavy atom. The van der Waals surface area contributed by atoms with Crippen molar-refractivity contribution >= 4 is 21.4 Å². The first-order chi connectivity index (χ1) is 17.3. The molecule has 1 atom stereocenters. The summed E-state index contributed by atoms with van der Waals surface area (Å²) in [7, 11) is 1.33. The molecule has 36 heavy (non-hydrogen) atoms. The van der Waals surface area contributed by atoms with E-state index in [0.29, 0.717) is 0 Å². The summed E-state index contributed by atoms with van der Waals surface area (Å²) in [5.74, 6) is -0.531. The van der Waals surface area contributed by atoms with Crippen LogP contribution in [0.2, 0.25) is 0 Å². The molecule has 192 valence electrons. The third kappa shape index (κ3) is 5.98. The summed E-state index contributed by atoms with van der Waals surface area (Å²) < 4.78 is 48.1. The van der Waals surface area contributed by atoms with Gasteiger partial charge in [0.05, 0.1) is 7.11 Å². The van der Waals surface area contributed by atoms with Gasteiger partial charge in [-0.3, -0.25) is 4.90 Å². The van der Waals surface area contributed by atoms with Crippen LogP contribution in [0.3, 0.4) is 0 Å². The van der Waals surface area contributed by atoms with Gasteiger partial charge in [0, 0.05) is 64.2 Å². The number of para-hydroxylation sites is 1. The molecule has 0 radical (unpaired) electrons. The van der Waals surface area contributed by atoms with Crippen LogP contribution in [-0.4, -0.2) is 67.2 Å². The summed E-state index contributed by atoms with van der Waals surface area (Å²) >= 11 is 0. The summed E-state index contributed by atoms with van der Waals surface area (Å²) in [6.07, 6.45) is 0. The Bertz CT molecular complexity index is 1250. The number of rotatable bonds is 9. The molecule has 1 saturated heterocycles. The van der Waals surface area contributed by atoms with Crippen LogP contribution in [0.4, 0.5) is 15.8 Å². The molecule has 7 nitrogen and oxygen atoms in total. The lowest BCUT2D eigenvalue weighted by Gasteiger charge is -2.40. The van der Waals surface area contributed by atoms with Gasteiger partial charge in [-0.15, -0.1) is 0 Å². The number of nitrogens with zero attached hydrogens (tertiary/aromatic N) is 3. The highest BCUT2D eigenvalue weighted by atomic mass is 32.2. The van der Waals surface area contributed by atoms with Gasteiger partial charge in [-0.1, -0.05) is 30.3 Å². The molecule has 0 spiro atoms. The average molecular weight is 513 g/mol. The summed E-state index contributed by atoms with van der Waals surface area (Å²) in [5, 5.41) is 0. The SMILES string of the molecule is COc1ccc(F)cc1S(=O)(=O)NCC(c1ccc(N(C)C)cc1)N1CCN(c2ccccc2)CC1. The first-order valence-electron chi connectivity index (χ1n) is 11.9. The minimum absolute atomic E-state index is 0.104. The molecule has 0 saturated carbocycles. The normalized spacial score (nSPS) is 15.5. The van der Waals surface area contributed by atoms with E-state index in [1.807, 2.05) is 61.5 Å². The fourth-order valence-electron chi connectivity index (χ4n) is 4.51. The maximum atomic E-state index is 13.9. The van der Waals surface area contributed by atoms with E-state index in [1.54, 1.807) is 0 Å². The van der Waals surface area contributed by atoms with Crippen LogP contribution < -0.4 is 19.3 Å². The quantitative estimate of drug-likeness (QED) is 0.471. The van der Waals surface area contributed by atoms with Crippen LogP contribution in [0.1, 0.15) is 11.6 Å². The van der Waals surface area contributed by atoms with Crippen molar-refractivity contribution in [2.24, 2.45) is 0 Å². The monoisotopic (exact) mass is 512 g/mol. The van der Waals surface area contributed by atoms with Gasteiger partial charge in [0.25, 0.3) is 0 Å². The summed E-state index contributed by atoms with van der Waals surface area (Å²) in [5.41, 5.74) is 3.27. The van der Waals surface area contributed by atoms with Gasteiger partial charge in [-0.2, -0.15) is 0 Å². The van der Waals surface area contributed by atoms with E-state index in [2.05, 4.69) is 26.7 Å².